The molecule has 0 N–H and O–H groups in total. The third-order valence-corrected chi connectivity index (χ3v) is 9.38. The van der Waals surface area contributed by atoms with Gasteiger partial charge in [0.2, 0.25) is 0 Å². The summed E-state index contributed by atoms with van der Waals surface area (Å²) in [6.07, 6.45) is 26.8. The van der Waals surface area contributed by atoms with Crippen LogP contribution < -0.4 is 4.74 Å². The molecule has 0 heterocycles. The zero-order chi connectivity index (χ0) is 29.7. The molecule has 1 saturated carbocycles. The van der Waals surface area contributed by atoms with Gasteiger partial charge in [-0.05, 0) is 105 Å². The fraction of sp³-hybridized carbons (Fsp3) is 0.579. The minimum Gasteiger partial charge on any atom is -0.490 e. The monoisotopic (exact) mass is 580 g/mol. The van der Waals surface area contributed by atoms with E-state index in [1.54, 1.807) is 24.3 Å². The highest BCUT2D eigenvalue weighted by atomic mass is 19.2. The van der Waals surface area contributed by atoms with Crippen LogP contribution in [-0.2, 0) is 6.42 Å². The highest BCUT2D eigenvalue weighted by Crippen LogP contribution is 2.34. The molecule has 0 aromatic heterocycles. The maximum Gasteiger partial charge on any atom is 0.166 e. The molecule has 230 valence electrons. The van der Waals surface area contributed by atoms with Crippen molar-refractivity contribution in [2.24, 2.45) is 23.7 Å². The molecule has 1 nitrogen and oxygen atoms in total. The number of ether oxygens (including phenoxy) is 1. The average molecular weight is 581 g/mol. The molecule has 2 atom stereocenters. The molecule has 4 rings (SSSR count). The van der Waals surface area contributed by atoms with Gasteiger partial charge in [0.1, 0.15) is 0 Å². The van der Waals surface area contributed by atoms with E-state index in [-0.39, 0.29) is 11.3 Å². The molecule has 42 heavy (non-hydrogen) atoms. The summed E-state index contributed by atoms with van der Waals surface area (Å²) in [5, 5.41) is 0. The number of hydrogen-bond donors (Lipinski definition) is 0. The summed E-state index contributed by atoms with van der Waals surface area (Å²) in [5.41, 5.74) is 0.774. The molecule has 1 fully saturated rings. The van der Waals surface area contributed by atoms with Gasteiger partial charge in [-0.1, -0.05) is 94.9 Å². The summed E-state index contributed by atoms with van der Waals surface area (Å²) in [6.45, 7) is 4.82. The Kier molecular flexibility index (Phi) is 13.1. The van der Waals surface area contributed by atoms with Crippen LogP contribution in [0.5, 0.6) is 5.75 Å². The third kappa shape index (κ3) is 9.51. The predicted octanol–water partition coefficient (Wildman–Crippen LogP) is 11.8. The summed E-state index contributed by atoms with van der Waals surface area (Å²) >= 11 is 0. The quantitative estimate of drug-likeness (QED) is 0.150. The van der Waals surface area contributed by atoms with Crippen LogP contribution in [0.1, 0.15) is 109 Å². The SMILES string of the molecule is CCCCCCC1C=CC(/C=C/C2CCC(COc3ccc(-c4ccc(CCCCC)c(F)c4F)cc3F)CC2)CC1. The number of aryl methyl sites for hydroxylation is 1. The van der Waals surface area contributed by atoms with Gasteiger partial charge in [0.25, 0.3) is 0 Å². The predicted molar refractivity (Wildman–Crippen MR) is 169 cm³/mol. The lowest BCUT2D eigenvalue weighted by Gasteiger charge is -2.27. The number of unbranched alkanes of at least 4 members (excludes halogenated alkanes) is 5. The highest BCUT2D eigenvalue weighted by Gasteiger charge is 2.22. The smallest absolute Gasteiger partial charge is 0.166 e. The molecular formula is C38H51F3O. The van der Waals surface area contributed by atoms with Gasteiger partial charge in [0.05, 0.1) is 6.61 Å². The highest BCUT2D eigenvalue weighted by molar-refractivity contribution is 5.65. The lowest BCUT2D eigenvalue weighted by atomic mass is 9.81. The second-order valence-electron chi connectivity index (χ2n) is 12.7. The van der Waals surface area contributed by atoms with E-state index in [4.69, 9.17) is 4.74 Å². The van der Waals surface area contributed by atoms with Crippen molar-refractivity contribution in [3.05, 3.63) is 77.7 Å². The molecular weight excluding hydrogens is 529 g/mol. The molecule has 0 bridgehead atoms. The molecule has 0 amide bonds. The Balaban J connectivity index is 1.20. The lowest BCUT2D eigenvalue weighted by molar-refractivity contribution is 0.189. The van der Waals surface area contributed by atoms with Gasteiger partial charge in [-0.15, -0.1) is 0 Å². The maximum atomic E-state index is 14.9. The van der Waals surface area contributed by atoms with E-state index >= 15 is 0 Å². The first-order valence-corrected chi connectivity index (χ1v) is 16.7. The third-order valence-electron chi connectivity index (χ3n) is 9.38. The summed E-state index contributed by atoms with van der Waals surface area (Å²) in [6, 6.07) is 7.58. The number of rotatable bonds is 15. The zero-order valence-electron chi connectivity index (χ0n) is 25.9. The van der Waals surface area contributed by atoms with Crippen molar-refractivity contribution in [2.45, 2.75) is 110 Å². The molecule has 0 spiro atoms. The molecule has 0 radical (unpaired) electrons. The summed E-state index contributed by atoms with van der Waals surface area (Å²) in [4.78, 5) is 0. The van der Waals surface area contributed by atoms with E-state index in [1.165, 1.54) is 51.0 Å². The first-order valence-electron chi connectivity index (χ1n) is 16.7. The van der Waals surface area contributed by atoms with Crippen molar-refractivity contribution in [3.8, 4) is 16.9 Å². The summed E-state index contributed by atoms with van der Waals surface area (Å²) < 4.78 is 50.2. The van der Waals surface area contributed by atoms with Crippen molar-refractivity contribution in [1.29, 1.82) is 0 Å². The van der Waals surface area contributed by atoms with Crippen LogP contribution in [0.3, 0.4) is 0 Å². The van der Waals surface area contributed by atoms with Crippen molar-refractivity contribution < 1.29 is 17.9 Å². The second-order valence-corrected chi connectivity index (χ2v) is 12.7. The number of benzene rings is 2. The van der Waals surface area contributed by atoms with Gasteiger partial charge in [0.15, 0.2) is 23.2 Å². The topological polar surface area (TPSA) is 9.23 Å². The first kappa shape index (κ1) is 32.4. The zero-order valence-corrected chi connectivity index (χ0v) is 25.9. The fourth-order valence-electron chi connectivity index (χ4n) is 6.54. The van der Waals surface area contributed by atoms with Gasteiger partial charge in [-0.3, -0.25) is 0 Å². The van der Waals surface area contributed by atoms with Gasteiger partial charge in [-0.25, -0.2) is 13.2 Å². The van der Waals surface area contributed by atoms with E-state index in [1.807, 2.05) is 0 Å². The number of allylic oxidation sites excluding steroid dienone is 4. The Bertz CT molecular complexity index is 1160. The molecule has 2 aromatic rings. The van der Waals surface area contributed by atoms with Crippen LogP contribution >= 0.6 is 0 Å². The van der Waals surface area contributed by atoms with Crippen molar-refractivity contribution in [3.63, 3.8) is 0 Å². The Labute approximate surface area is 252 Å². The Morgan fingerprint density at radius 3 is 2.26 bits per heavy atom. The molecule has 2 unspecified atom stereocenters. The Morgan fingerprint density at radius 2 is 1.55 bits per heavy atom. The normalized spacial score (nSPS) is 22.6. The van der Waals surface area contributed by atoms with Crippen LogP contribution in [-0.4, -0.2) is 6.61 Å². The van der Waals surface area contributed by atoms with Crippen molar-refractivity contribution in [1.82, 2.24) is 0 Å². The fourth-order valence-corrected chi connectivity index (χ4v) is 6.54. The molecule has 0 aliphatic heterocycles. The van der Waals surface area contributed by atoms with Gasteiger partial charge in [0, 0.05) is 5.56 Å². The maximum absolute atomic E-state index is 14.9. The standard InChI is InChI=1S/C38H51F3O/c1-3-5-7-9-10-28-12-14-29(15-13-28)16-17-30-18-20-31(21-19-30)27-42-36-25-23-33(26-35(36)39)34-24-22-32(11-8-6-4-2)37(40)38(34)41/h12,14,16-17,22-26,28-31H,3-11,13,15,18-21,27H2,1-2H3/b17-16+. The molecule has 2 aliphatic rings. The molecule has 4 heteroatoms. The second kappa shape index (κ2) is 17.0. The van der Waals surface area contributed by atoms with Crippen LogP contribution in [0.2, 0.25) is 0 Å². The minimum absolute atomic E-state index is 0.0783. The van der Waals surface area contributed by atoms with E-state index in [9.17, 15) is 13.2 Å². The summed E-state index contributed by atoms with van der Waals surface area (Å²) in [7, 11) is 0. The first-order chi connectivity index (χ1) is 20.5. The molecule has 2 aromatic carbocycles. The van der Waals surface area contributed by atoms with E-state index in [0.29, 0.717) is 41.9 Å². The van der Waals surface area contributed by atoms with Crippen LogP contribution in [0.25, 0.3) is 11.1 Å². The van der Waals surface area contributed by atoms with Gasteiger partial charge < -0.3 is 4.74 Å². The molecule has 2 aliphatic carbocycles. The summed E-state index contributed by atoms with van der Waals surface area (Å²) in [5.74, 6) is 0.271. The van der Waals surface area contributed by atoms with Crippen LogP contribution in [0.4, 0.5) is 13.2 Å². The molecule has 0 saturated heterocycles. The van der Waals surface area contributed by atoms with Gasteiger partial charge >= 0.3 is 0 Å². The van der Waals surface area contributed by atoms with Gasteiger partial charge in [-0.2, -0.15) is 0 Å². The van der Waals surface area contributed by atoms with Crippen molar-refractivity contribution >= 4 is 0 Å². The number of halogens is 3. The van der Waals surface area contributed by atoms with E-state index in [2.05, 4.69) is 38.2 Å². The van der Waals surface area contributed by atoms with Crippen LogP contribution in [0, 0.1) is 41.1 Å². The average Bonchev–Trinajstić information content (AvgIpc) is 3.01. The Hall–Kier alpha value is -2.49. The van der Waals surface area contributed by atoms with Crippen LogP contribution in [0.15, 0.2) is 54.6 Å². The largest absolute Gasteiger partial charge is 0.490 e. The van der Waals surface area contributed by atoms with E-state index in [0.717, 1.165) is 50.9 Å². The minimum atomic E-state index is -0.913. The Morgan fingerprint density at radius 1 is 0.762 bits per heavy atom. The van der Waals surface area contributed by atoms with Crippen molar-refractivity contribution in [2.75, 3.05) is 6.61 Å². The number of hydrogen-bond acceptors (Lipinski definition) is 1. The van der Waals surface area contributed by atoms with E-state index < -0.39 is 17.5 Å². The lowest BCUT2D eigenvalue weighted by Crippen LogP contribution is -2.19.